The molecule has 152 valence electrons. The highest BCUT2D eigenvalue weighted by atomic mass is 16.5. The van der Waals surface area contributed by atoms with E-state index in [2.05, 4.69) is 11.4 Å². The molecule has 2 atom stereocenters. The van der Waals surface area contributed by atoms with Crippen molar-refractivity contribution in [2.45, 2.75) is 26.2 Å². The molecule has 0 unspecified atom stereocenters. The number of aromatic nitrogens is 2. The van der Waals surface area contributed by atoms with E-state index >= 15 is 0 Å². The van der Waals surface area contributed by atoms with Crippen LogP contribution in [0.1, 0.15) is 37.3 Å². The number of benzene rings is 1. The monoisotopic (exact) mass is 395 g/mol. The van der Waals surface area contributed by atoms with Crippen LogP contribution in [0.15, 0.2) is 45.6 Å². The maximum absolute atomic E-state index is 13.2. The van der Waals surface area contributed by atoms with Gasteiger partial charge in [-0.05, 0) is 23.1 Å². The van der Waals surface area contributed by atoms with Crippen LogP contribution in [-0.4, -0.2) is 22.0 Å². The number of nitrogens with zero attached hydrogens (tertiary/aromatic N) is 2. The Morgan fingerprint density at radius 3 is 2.31 bits per heavy atom. The van der Waals surface area contributed by atoms with Crippen molar-refractivity contribution in [2.75, 3.05) is 12.4 Å². The molecule has 1 aliphatic heterocycles. The first-order chi connectivity index (χ1) is 13.6. The Hall–Kier alpha value is -3.09. The van der Waals surface area contributed by atoms with E-state index < -0.39 is 17.5 Å². The Labute approximate surface area is 168 Å². The number of rotatable bonds is 2. The Morgan fingerprint density at radius 1 is 1.03 bits per heavy atom. The number of Topliss-reactive ketones (excluding diaryl/α,β-unsaturated/α-hetero) is 1. The second-order valence-corrected chi connectivity index (χ2v) is 8.55. The number of ketones is 1. The van der Waals surface area contributed by atoms with Crippen molar-refractivity contribution in [1.82, 2.24) is 9.13 Å². The molecular weight excluding hydrogens is 370 g/mol. The molecule has 0 fully saturated rings. The zero-order valence-electron chi connectivity index (χ0n) is 17.3. The number of methoxy groups -OCH3 is 1. The minimum absolute atomic E-state index is 0.0855. The number of hydrogen-bond acceptors (Lipinski definition) is 5. The van der Waals surface area contributed by atoms with Crippen LogP contribution in [0.5, 0.6) is 5.75 Å². The van der Waals surface area contributed by atoms with Crippen LogP contribution in [0.2, 0.25) is 0 Å². The van der Waals surface area contributed by atoms with E-state index in [1.165, 1.54) is 11.6 Å². The number of anilines is 1. The summed E-state index contributed by atoms with van der Waals surface area (Å²) >= 11 is 0. The molecule has 1 aromatic carbocycles. The predicted molar refractivity (Wildman–Crippen MR) is 110 cm³/mol. The van der Waals surface area contributed by atoms with Gasteiger partial charge in [0.05, 0.1) is 18.6 Å². The normalized spacial score (nSPS) is 22.2. The number of allylic oxidation sites excluding steroid dienone is 2. The van der Waals surface area contributed by atoms with Crippen molar-refractivity contribution >= 4 is 11.6 Å². The van der Waals surface area contributed by atoms with E-state index in [1.807, 2.05) is 38.1 Å². The molecule has 2 heterocycles. The summed E-state index contributed by atoms with van der Waals surface area (Å²) < 4.78 is 7.80. The molecule has 29 heavy (non-hydrogen) atoms. The summed E-state index contributed by atoms with van der Waals surface area (Å²) in [6.07, 6.45) is 2.46. The molecular formula is C22H25N3O4. The van der Waals surface area contributed by atoms with Gasteiger partial charge in [-0.2, -0.15) is 0 Å². The summed E-state index contributed by atoms with van der Waals surface area (Å²) in [5, 5.41) is 3.25. The second-order valence-electron chi connectivity index (χ2n) is 8.55. The molecule has 0 radical (unpaired) electrons. The first kappa shape index (κ1) is 19.2. The Balaban J connectivity index is 2.04. The van der Waals surface area contributed by atoms with Crippen LogP contribution in [0.4, 0.5) is 5.82 Å². The molecule has 0 saturated heterocycles. The molecule has 7 heteroatoms. The van der Waals surface area contributed by atoms with Crippen LogP contribution in [-0.2, 0) is 18.9 Å². The van der Waals surface area contributed by atoms with Crippen molar-refractivity contribution in [2.24, 2.45) is 25.4 Å². The largest absolute Gasteiger partial charge is 0.497 e. The molecule has 0 amide bonds. The van der Waals surface area contributed by atoms with Crippen LogP contribution in [0, 0.1) is 11.3 Å². The summed E-state index contributed by atoms with van der Waals surface area (Å²) in [4.78, 5) is 38.9. The Bertz CT molecular complexity index is 1150. The van der Waals surface area contributed by atoms with Crippen molar-refractivity contribution in [1.29, 1.82) is 0 Å². The van der Waals surface area contributed by atoms with E-state index in [0.717, 1.165) is 15.8 Å². The van der Waals surface area contributed by atoms with E-state index in [0.29, 0.717) is 23.6 Å². The van der Waals surface area contributed by atoms with Crippen molar-refractivity contribution in [3.05, 3.63) is 68.0 Å². The van der Waals surface area contributed by atoms with Gasteiger partial charge in [-0.3, -0.25) is 18.7 Å². The van der Waals surface area contributed by atoms with Gasteiger partial charge in [-0.25, -0.2) is 4.79 Å². The summed E-state index contributed by atoms with van der Waals surface area (Å²) in [6, 6.07) is 7.41. The van der Waals surface area contributed by atoms with Crippen molar-refractivity contribution in [3.8, 4) is 5.75 Å². The molecule has 1 N–H and O–H groups in total. The quantitative estimate of drug-likeness (QED) is 0.843. The fourth-order valence-corrected chi connectivity index (χ4v) is 4.55. The van der Waals surface area contributed by atoms with Gasteiger partial charge in [0.25, 0.3) is 5.56 Å². The summed E-state index contributed by atoms with van der Waals surface area (Å²) in [6.45, 7) is 4.02. The van der Waals surface area contributed by atoms with E-state index in [4.69, 9.17) is 4.74 Å². The van der Waals surface area contributed by atoms with Gasteiger partial charge < -0.3 is 10.1 Å². The highest BCUT2D eigenvalue weighted by Gasteiger charge is 2.45. The molecule has 2 aliphatic rings. The third-order valence-electron chi connectivity index (χ3n) is 5.94. The SMILES string of the molecule is COc1ccc([C@@H]2c3c(n(C)c(=O)n(C)c3=O)NC3=CC(C)(C)CC(=O)[C@H]32)cc1. The van der Waals surface area contributed by atoms with Crippen molar-refractivity contribution in [3.63, 3.8) is 0 Å². The summed E-state index contributed by atoms with van der Waals surface area (Å²) in [5.41, 5.74) is 0.950. The minimum Gasteiger partial charge on any atom is -0.497 e. The van der Waals surface area contributed by atoms with E-state index in [9.17, 15) is 14.4 Å². The van der Waals surface area contributed by atoms with Gasteiger partial charge in [0.1, 0.15) is 17.4 Å². The lowest BCUT2D eigenvalue weighted by molar-refractivity contribution is -0.124. The number of nitrogens with one attached hydrogen (secondary N) is 1. The lowest BCUT2D eigenvalue weighted by Crippen LogP contribution is -2.47. The lowest BCUT2D eigenvalue weighted by Gasteiger charge is -2.41. The molecule has 7 nitrogen and oxygen atoms in total. The maximum atomic E-state index is 13.2. The minimum atomic E-state index is -0.492. The topological polar surface area (TPSA) is 82.3 Å². The zero-order valence-corrected chi connectivity index (χ0v) is 17.3. The standard InChI is InChI=1S/C22H25N3O4/c1-22(2)10-14-17(15(26)11-22)16(12-6-8-13(29-5)9-7-12)18-19(23-14)24(3)21(28)25(4)20(18)27/h6-10,16-17,23H,11H2,1-5H3/t16-,17-/m0/s1. The second kappa shape index (κ2) is 6.47. The van der Waals surface area contributed by atoms with Gasteiger partial charge >= 0.3 is 5.69 Å². The van der Waals surface area contributed by atoms with E-state index in [-0.39, 0.29) is 16.8 Å². The van der Waals surface area contributed by atoms with Crippen LogP contribution >= 0.6 is 0 Å². The molecule has 4 rings (SSSR count). The Kier molecular flexibility index (Phi) is 4.29. The third-order valence-corrected chi connectivity index (χ3v) is 5.94. The number of carbonyl (C=O) groups is 1. The summed E-state index contributed by atoms with van der Waals surface area (Å²) in [7, 11) is 4.69. The Morgan fingerprint density at radius 2 is 1.69 bits per heavy atom. The molecule has 1 aliphatic carbocycles. The highest BCUT2D eigenvalue weighted by Crippen LogP contribution is 2.48. The average molecular weight is 395 g/mol. The molecule has 0 spiro atoms. The smallest absolute Gasteiger partial charge is 0.332 e. The third kappa shape index (κ3) is 2.92. The summed E-state index contributed by atoms with van der Waals surface area (Å²) in [5.74, 6) is 0.268. The molecule has 1 aromatic heterocycles. The van der Waals surface area contributed by atoms with Gasteiger partial charge in [0, 0.05) is 32.1 Å². The predicted octanol–water partition coefficient (Wildman–Crippen LogP) is 2.15. The molecule has 0 saturated carbocycles. The van der Waals surface area contributed by atoms with Gasteiger partial charge in [-0.15, -0.1) is 0 Å². The fraction of sp³-hybridized carbons (Fsp3) is 0.409. The van der Waals surface area contributed by atoms with Crippen LogP contribution < -0.4 is 21.3 Å². The van der Waals surface area contributed by atoms with E-state index in [1.54, 1.807) is 14.2 Å². The molecule has 2 aromatic rings. The van der Waals surface area contributed by atoms with Crippen LogP contribution in [0.25, 0.3) is 0 Å². The highest BCUT2D eigenvalue weighted by molar-refractivity contribution is 5.90. The number of hydrogen-bond donors (Lipinski definition) is 1. The first-order valence-electron chi connectivity index (χ1n) is 9.61. The molecule has 0 bridgehead atoms. The zero-order chi connectivity index (χ0) is 21.1. The maximum Gasteiger partial charge on any atom is 0.332 e. The van der Waals surface area contributed by atoms with Gasteiger partial charge in [0.15, 0.2) is 0 Å². The number of carbonyl (C=O) groups excluding carboxylic acids is 1. The first-order valence-corrected chi connectivity index (χ1v) is 9.61. The van der Waals surface area contributed by atoms with Gasteiger partial charge in [-0.1, -0.05) is 32.1 Å². The average Bonchev–Trinajstić information content (AvgIpc) is 2.68. The lowest BCUT2D eigenvalue weighted by atomic mass is 9.67. The number of ether oxygens (including phenoxy) is 1. The fourth-order valence-electron chi connectivity index (χ4n) is 4.55. The van der Waals surface area contributed by atoms with Crippen molar-refractivity contribution < 1.29 is 9.53 Å². The number of fused-ring (bicyclic) bond motifs is 2. The van der Waals surface area contributed by atoms with Crippen LogP contribution in [0.3, 0.4) is 0 Å². The van der Waals surface area contributed by atoms with Gasteiger partial charge in [0.2, 0.25) is 0 Å².